The number of imidazole rings is 1. The molecule has 6 nitrogen and oxygen atoms in total. The van der Waals surface area contributed by atoms with Gasteiger partial charge in [-0.15, -0.1) is 0 Å². The summed E-state index contributed by atoms with van der Waals surface area (Å²) in [5.41, 5.74) is 1.70. The van der Waals surface area contributed by atoms with Crippen molar-refractivity contribution in [2.75, 3.05) is 0 Å². The number of aromatic nitrogens is 2. The molecule has 6 rings (SSSR count). The summed E-state index contributed by atoms with van der Waals surface area (Å²) in [5.74, 6) is -1.40. The molecule has 0 unspecified atom stereocenters. The molecule has 1 N–H and O–H groups in total. The second-order valence-corrected chi connectivity index (χ2v) is 11.0. The third-order valence-corrected chi connectivity index (χ3v) is 8.05. The molecule has 5 aromatic rings. The van der Waals surface area contributed by atoms with Gasteiger partial charge >= 0.3 is 5.97 Å². The van der Waals surface area contributed by atoms with Crippen LogP contribution in [0.1, 0.15) is 45.7 Å². The minimum Gasteiger partial charge on any atom is -0.489 e. The SMILES string of the molecule is N#Cc1ccc(COc2cccc(-c3ccc(Cc4nc5ccc(C(=O)O)cc5n4CC4(C(F)F)CC4)c(F)c3)c2)c(F)c1. The zero-order chi connectivity index (χ0) is 31.0. The maximum Gasteiger partial charge on any atom is 0.335 e. The number of ether oxygens (including phenoxy) is 1. The van der Waals surface area contributed by atoms with Crippen LogP contribution >= 0.6 is 0 Å². The third kappa shape index (κ3) is 5.73. The molecule has 44 heavy (non-hydrogen) atoms. The highest BCUT2D eigenvalue weighted by Gasteiger charge is 2.51. The lowest BCUT2D eigenvalue weighted by Crippen LogP contribution is -2.21. The van der Waals surface area contributed by atoms with E-state index in [4.69, 9.17) is 10.00 Å². The van der Waals surface area contributed by atoms with Crippen molar-refractivity contribution in [1.82, 2.24) is 9.55 Å². The number of benzene rings is 4. The summed E-state index contributed by atoms with van der Waals surface area (Å²) in [6.07, 6.45) is -1.84. The Labute approximate surface area is 249 Å². The number of nitrogens with zero attached hydrogens (tertiary/aromatic N) is 3. The number of carboxylic acid groups (broad SMARTS) is 1. The molecule has 0 amide bonds. The Morgan fingerprint density at radius 2 is 1.73 bits per heavy atom. The zero-order valence-corrected chi connectivity index (χ0v) is 23.2. The lowest BCUT2D eigenvalue weighted by molar-refractivity contribution is 0.0514. The van der Waals surface area contributed by atoms with Gasteiger partial charge in [-0.05, 0) is 78.1 Å². The fourth-order valence-corrected chi connectivity index (χ4v) is 5.24. The smallest absolute Gasteiger partial charge is 0.335 e. The molecule has 0 radical (unpaired) electrons. The van der Waals surface area contributed by atoms with E-state index in [-0.39, 0.29) is 36.3 Å². The first-order valence-electron chi connectivity index (χ1n) is 13.9. The first kappa shape index (κ1) is 28.9. The minimum absolute atomic E-state index is 0.0101. The number of aromatic carboxylic acids is 1. The molecule has 0 saturated heterocycles. The fourth-order valence-electron chi connectivity index (χ4n) is 5.24. The second-order valence-electron chi connectivity index (χ2n) is 11.0. The lowest BCUT2D eigenvalue weighted by Gasteiger charge is -2.18. The standard InChI is InChI=1S/C34H25F4N3O3/c35-27-12-20(17-39)4-5-25(27)18-44-26-3-1-2-21(13-26)22-6-7-23(28(36)14-22)16-31-40-29-9-8-24(32(42)43)15-30(29)41(31)19-34(10-11-34)33(37)38/h1-9,12-15,33H,10-11,16,18-19H2,(H,42,43). The van der Waals surface area contributed by atoms with Crippen LogP contribution in [0.25, 0.3) is 22.2 Å². The topological polar surface area (TPSA) is 88.1 Å². The van der Waals surface area contributed by atoms with Crippen molar-refractivity contribution in [3.8, 4) is 22.9 Å². The van der Waals surface area contributed by atoms with Gasteiger partial charge in [0.25, 0.3) is 0 Å². The van der Waals surface area contributed by atoms with Crippen molar-refractivity contribution in [2.45, 2.75) is 38.8 Å². The summed E-state index contributed by atoms with van der Waals surface area (Å²) < 4.78 is 64.9. The largest absolute Gasteiger partial charge is 0.489 e. The van der Waals surface area contributed by atoms with Crippen LogP contribution in [0.5, 0.6) is 5.75 Å². The molecule has 0 spiro atoms. The van der Waals surface area contributed by atoms with Crippen LogP contribution in [-0.4, -0.2) is 27.1 Å². The molecule has 4 aromatic carbocycles. The van der Waals surface area contributed by atoms with Crippen molar-refractivity contribution in [3.63, 3.8) is 0 Å². The van der Waals surface area contributed by atoms with Crippen molar-refractivity contribution < 1.29 is 32.2 Å². The Balaban J connectivity index is 1.25. The Morgan fingerprint density at radius 1 is 0.977 bits per heavy atom. The van der Waals surface area contributed by atoms with Gasteiger partial charge in [0.2, 0.25) is 6.43 Å². The highest BCUT2D eigenvalue weighted by Crippen LogP contribution is 2.52. The molecule has 1 aliphatic rings. The van der Waals surface area contributed by atoms with E-state index < -0.39 is 29.4 Å². The summed E-state index contributed by atoms with van der Waals surface area (Å²) in [5, 5.41) is 18.4. The van der Waals surface area contributed by atoms with Gasteiger partial charge in [-0.2, -0.15) is 5.26 Å². The van der Waals surface area contributed by atoms with Gasteiger partial charge in [0, 0.05) is 23.9 Å². The first-order chi connectivity index (χ1) is 21.2. The van der Waals surface area contributed by atoms with Crippen LogP contribution in [0.2, 0.25) is 0 Å². The Hall–Kier alpha value is -5.17. The lowest BCUT2D eigenvalue weighted by atomic mass is 10.0. The number of rotatable bonds is 10. The minimum atomic E-state index is -2.55. The van der Waals surface area contributed by atoms with Crippen molar-refractivity contribution in [1.29, 1.82) is 5.26 Å². The maximum atomic E-state index is 15.5. The predicted molar refractivity (Wildman–Crippen MR) is 154 cm³/mol. The van der Waals surface area contributed by atoms with E-state index in [9.17, 15) is 23.1 Å². The van der Waals surface area contributed by atoms with E-state index >= 15 is 4.39 Å². The molecule has 0 bridgehead atoms. The molecule has 1 aliphatic carbocycles. The number of carbonyl (C=O) groups is 1. The van der Waals surface area contributed by atoms with E-state index in [1.807, 2.05) is 6.07 Å². The normalized spacial score (nSPS) is 13.6. The molecular weight excluding hydrogens is 574 g/mol. The van der Waals surface area contributed by atoms with Crippen molar-refractivity contribution in [2.24, 2.45) is 5.41 Å². The van der Waals surface area contributed by atoms with Gasteiger partial charge < -0.3 is 14.4 Å². The summed E-state index contributed by atoms with van der Waals surface area (Å²) in [4.78, 5) is 16.2. The van der Waals surface area contributed by atoms with Crippen LogP contribution in [0.15, 0.2) is 78.9 Å². The fraction of sp³-hybridized carbons (Fsp3) is 0.206. The molecule has 0 aliphatic heterocycles. The van der Waals surface area contributed by atoms with E-state index in [0.717, 1.165) is 6.07 Å². The number of nitriles is 1. The van der Waals surface area contributed by atoms with Crippen LogP contribution in [0.4, 0.5) is 17.6 Å². The van der Waals surface area contributed by atoms with E-state index in [1.165, 1.54) is 36.4 Å². The number of halogens is 4. The number of carboxylic acids is 1. The van der Waals surface area contributed by atoms with Crippen LogP contribution in [-0.2, 0) is 19.6 Å². The Bertz CT molecular complexity index is 1940. The highest BCUT2D eigenvalue weighted by molar-refractivity contribution is 5.92. The third-order valence-electron chi connectivity index (χ3n) is 8.05. The summed E-state index contributed by atoms with van der Waals surface area (Å²) in [6.45, 7) is -0.103. The average molecular weight is 600 g/mol. The quantitative estimate of drug-likeness (QED) is 0.166. The second kappa shape index (κ2) is 11.5. The molecular formula is C34H25F4N3O3. The van der Waals surface area contributed by atoms with Gasteiger partial charge in [-0.1, -0.05) is 30.3 Å². The van der Waals surface area contributed by atoms with E-state index in [2.05, 4.69) is 4.98 Å². The van der Waals surface area contributed by atoms with Crippen LogP contribution in [0, 0.1) is 28.4 Å². The number of hydrogen-bond acceptors (Lipinski definition) is 4. The van der Waals surface area contributed by atoms with Gasteiger partial charge in [0.05, 0.1) is 28.2 Å². The maximum absolute atomic E-state index is 15.5. The number of fused-ring (bicyclic) bond motifs is 1. The van der Waals surface area contributed by atoms with Gasteiger partial charge in [0.1, 0.15) is 29.8 Å². The Morgan fingerprint density at radius 3 is 2.41 bits per heavy atom. The molecule has 222 valence electrons. The molecule has 0 atom stereocenters. The van der Waals surface area contributed by atoms with Crippen molar-refractivity contribution >= 4 is 17.0 Å². The zero-order valence-electron chi connectivity index (χ0n) is 23.2. The van der Waals surface area contributed by atoms with Crippen LogP contribution < -0.4 is 4.74 Å². The molecule has 1 fully saturated rings. The van der Waals surface area contributed by atoms with Gasteiger partial charge in [-0.3, -0.25) is 0 Å². The average Bonchev–Trinajstić information content (AvgIpc) is 3.74. The summed E-state index contributed by atoms with van der Waals surface area (Å²) in [6, 6.07) is 22.0. The summed E-state index contributed by atoms with van der Waals surface area (Å²) >= 11 is 0. The molecule has 1 saturated carbocycles. The van der Waals surface area contributed by atoms with E-state index in [1.54, 1.807) is 41.0 Å². The highest BCUT2D eigenvalue weighted by atomic mass is 19.3. The summed E-state index contributed by atoms with van der Waals surface area (Å²) in [7, 11) is 0. The molecule has 1 aromatic heterocycles. The predicted octanol–water partition coefficient (Wildman–Crippen LogP) is 7.77. The Kier molecular flexibility index (Phi) is 7.55. The monoisotopic (exact) mass is 599 g/mol. The van der Waals surface area contributed by atoms with Gasteiger partial charge in [0.15, 0.2) is 0 Å². The van der Waals surface area contributed by atoms with Crippen molar-refractivity contribution in [3.05, 3.63) is 119 Å². The van der Waals surface area contributed by atoms with E-state index in [0.29, 0.717) is 52.1 Å². The van der Waals surface area contributed by atoms with Crippen LogP contribution in [0.3, 0.4) is 0 Å². The first-order valence-corrected chi connectivity index (χ1v) is 13.9. The van der Waals surface area contributed by atoms with Gasteiger partial charge in [-0.25, -0.2) is 27.3 Å². The number of alkyl halides is 2. The molecule has 1 heterocycles. The molecule has 10 heteroatoms. The number of hydrogen-bond donors (Lipinski definition) is 1.